The fraction of sp³-hybridized carbons (Fsp3) is 0.571. The van der Waals surface area contributed by atoms with Crippen molar-refractivity contribution in [1.29, 1.82) is 0 Å². The number of nitrogens with zero attached hydrogens (tertiary/aromatic N) is 1. The molecule has 0 N–H and O–H groups in total. The van der Waals surface area contributed by atoms with Gasteiger partial charge in [0.1, 0.15) is 0 Å². The molecule has 2 aromatic carbocycles. The minimum absolute atomic E-state index is 0.375. The maximum absolute atomic E-state index is 6.37. The smallest absolute Gasteiger partial charge is 0.399 e. The average molecular weight is 554 g/mol. The molecule has 2 aliphatic rings. The van der Waals surface area contributed by atoms with E-state index in [1.165, 1.54) is 21.8 Å². The van der Waals surface area contributed by atoms with Crippen molar-refractivity contribution >= 4 is 62.9 Å². The molecule has 2 aliphatic heterocycles. The molecule has 0 radical (unpaired) electrons. The Morgan fingerprint density at radius 2 is 1.03 bits per heavy atom. The summed E-state index contributed by atoms with van der Waals surface area (Å²) in [6.45, 7) is 17.7. The molecule has 0 bridgehead atoms. The fourth-order valence-electron chi connectivity index (χ4n) is 5.00. The van der Waals surface area contributed by atoms with Crippen molar-refractivity contribution in [2.75, 3.05) is 5.33 Å². The van der Waals surface area contributed by atoms with Crippen molar-refractivity contribution in [3.05, 3.63) is 36.4 Å². The van der Waals surface area contributed by atoms with Gasteiger partial charge in [-0.3, -0.25) is 0 Å². The number of hydrogen-bond acceptors (Lipinski definition) is 4. The third kappa shape index (κ3) is 4.27. The second-order valence-corrected chi connectivity index (χ2v) is 13.1. The Morgan fingerprint density at radius 1 is 0.639 bits per heavy atom. The van der Waals surface area contributed by atoms with E-state index in [1.807, 2.05) is 0 Å². The van der Waals surface area contributed by atoms with Crippen molar-refractivity contribution in [3.63, 3.8) is 0 Å². The van der Waals surface area contributed by atoms with Crippen LogP contribution < -0.4 is 10.9 Å². The molecular formula is C28H38B2BrNO4. The van der Waals surface area contributed by atoms with Gasteiger partial charge in [0.2, 0.25) is 0 Å². The Morgan fingerprint density at radius 3 is 1.39 bits per heavy atom. The van der Waals surface area contributed by atoms with E-state index in [2.05, 4.69) is 112 Å². The molecule has 0 spiro atoms. The Labute approximate surface area is 224 Å². The van der Waals surface area contributed by atoms with Crippen LogP contribution in [-0.4, -0.2) is 46.5 Å². The van der Waals surface area contributed by atoms with Gasteiger partial charge >= 0.3 is 14.2 Å². The summed E-state index contributed by atoms with van der Waals surface area (Å²) in [6.07, 6.45) is 2.25. The van der Waals surface area contributed by atoms with Gasteiger partial charge in [-0.15, -0.1) is 0 Å². The Hall–Kier alpha value is -1.31. The summed E-state index contributed by atoms with van der Waals surface area (Å²) in [5.74, 6) is 0. The minimum atomic E-state index is -0.391. The van der Waals surface area contributed by atoms with E-state index in [-0.39, 0.29) is 22.4 Å². The molecule has 0 aliphatic carbocycles. The van der Waals surface area contributed by atoms with Gasteiger partial charge in [0.05, 0.1) is 22.4 Å². The highest BCUT2D eigenvalue weighted by Crippen LogP contribution is 2.38. The normalized spacial score (nSPS) is 22.2. The fourth-order valence-corrected chi connectivity index (χ4v) is 5.39. The zero-order valence-electron chi connectivity index (χ0n) is 22.9. The van der Waals surface area contributed by atoms with Crippen LogP contribution in [-0.2, 0) is 25.2 Å². The Kier molecular flexibility index (Phi) is 6.48. The number of fused-ring (bicyclic) bond motifs is 3. The first-order valence-electron chi connectivity index (χ1n) is 13.1. The number of aromatic nitrogens is 1. The topological polar surface area (TPSA) is 41.9 Å². The second kappa shape index (κ2) is 8.88. The largest absolute Gasteiger partial charge is 0.494 e. The van der Waals surface area contributed by atoms with E-state index in [0.29, 0.717) is 0 Å². The van der Waals surface area contributed by atoms with E-state index in [9.17, 15) is 0 Å². The average Bonchev–Trinajstić information content (AvgIpc) is 3.30. The van der Waals surface area contributed by atoms with Crippen LogP contribution in [0.2, 0.25) is 0 Å². The summed E-state index contributed by atoms with van der Waals surface area (Å²) in [4.78, 5) is 0. The quantitative estimate of drug-likeness (QED) is 0.227. The van der Waals surface area contributed by atoms with Gasteiger partial charge in [-0.25, -0.2) is 0 Å². The molecule has 2 saturated heterocycles. The summed E-state index contributed by atoms with van der Waals surface area (Å²) in [5.41, 5.74) is 3.04. The minimum Gasteiger partial charge on any atom is -0.399 e. The summed E-state index contributed by atoms with van der Waals surface area (Å²) in [6, 6.07) is 13.2. The van der Waals surface area contributed by atoms with Crippen LogP contribution in [0.15, 0.2) is 36.4 Å². The summed E-state index contributed by atoms with van der Waals surface area (Å²) < 4.78 is 27.9. The maximum atomic E-state index is 6.37. The molecule has 3 heterocycles. The first kappa shape index (κ1) is 26.3. The molecule has 0 saturated carbocycles. The van der Waals surface area contributed by atoms with Crippen molar-refractivity contribution < 1.29 is 18.6 Å². The zero-order valence-corrected chi connectivity index (χ0v) is 24.5. The molecule has 192 valence electrons. The van der Waals surface area contributed by atoms with Gasteiger partial charge in [0, 0.05) is 33.7 Å². The molecular weight excluding hydrogens is 516 g/mol. The van der Waals surface area contributed by atoms with E-state index in [0.717, 1.165) is 35.6 Å². The molecule has 1 aromatic heterocycles. The number of alkyl halides is 1. The third-order valence-electron chi connectivity index (χ3n) is 8.73. The predicted octanol–water partition coefficient (Wildman–Crippen LogP) is 5.57. The summed E-state index contributed by atoms with van der Waals surface area (Å²) in [5, 5.41) is 3.42. The first-order valence-corrected chi connectivity index (χ1v) is 14.2. The number of halogens is 1. The second-order valence-electron chi connectivity index (χ2n) is 12.3. The number of unbranched alkanes of at least 4 members (excludes halogenated alkanes) is 1. The summed E-state index contributed by atoms with van der Waals surface area (Å²) >= 11 is 3.58. The lowest BCUT2D eigenvalue weighted by Crippen LogP contribution is -2.41. The van der Waals surface area contributed by atoms with Gasteiger partial charge < -0.3 is 23.2 Å². The van der Waals surface area contributed by atoms with Crippen molar-refractivity contribution in [2.45, 2.75) is 97.2 Å². The van der Waals surface area contributed by atoms with Crippen LogP contribution in [0, 0.1) is 0 Å². The highest BCUT2D eigenvalue weighted by molar-refractivity contribution is 9.09. The van der Waals surface area contributed by atoms with E-state index in [4.69, 9.17) is 18.6 Å². The van der Waals surface area contributed by atoms with Crippen molar-refractivity contribution in [2.24, 2.45) is 0 Å². The number of benzene rings is 2. The molecule has 2 fully saturated rings. The van der Waals surface area contributed by atoms with Gasteiger partial charge in [0.15, 0.2) is 0 Å². The predicted molar refractivity (Wildman–Crippen MR) is 154 cm³/mol. The van der Waals surface area contributed by atoms with Crippen molar-refractivity contribution in [3.8, 4) is 0 Å². The molecule has 0 amide bonds. The maximum Gasteiger partial charge on any atom is 0.494 e. The molecule has 5 rings (SSSR count). The molecule has 3 aromatic rings. The number of rotatable bonds is 6. The van der Waals surface area contributed by atoms with E-state index in [1.54, 1.807) is 0 Å². The molecule has 36 heavy (non-hydrogen) atoms. The SMILES string of the molecule is CC1(C)OB(c2ccc3c(c2)c2cc(B4OC(C)(C)C(C)(C)O4)ccc2n3CCCCBr)OC1(C)C. The number of aryl methyl sites for hydroxylation is 1. The van der Waals surface area contributed by atoms with Gasteiger partial charge in [-0.2, -0.15) is 0 Å². The van der Waals surface area contributed by atoms with Gasteiger partial charge in [0.25, 0.3) is 0 Å². The Balaban J connectivity index is 1.60. The van der Waals surface area contributed by atoms with E-state index < -0.39 is 14.2 Å². The highest BCUT2D eigenvalue weighted by atomic mass is 79.9. The highest BCUT2D eigenvalue weighted by Gasteiger charge is 2.52. The van der Waals surface area contributed by atoms with Gasteiger partial charge in [-0.1, -0.05) is 40.2 Å². The molecule has 8 heteroatoms. The first-order chi connectivity index (χ1) is 16.8. The molecule has 5 nitrogen and oxygen atoms in total. The van der Waals surface area contributed by atoms with E-state index >= 15 is 0 Å². The molecule has 0 unspecified atom stereocenters. The number of hydrogen-bond donors (Lipinski definition) is 0. The standard InChI is InChI=1S/C28H38B2BrNO4/c1-25(2)26(3,4)34-29(33-25)19-11-13-23-21(17-19)22-18-20(30-35-27(5,6)28(7,8)36-30)12-14-24(22)32(23)16-10-9-15-31/h11-14,17-18H,9-10,15-16H2,1-8H3. The van der Waals surface area contributed by atoms with Gasteiger partial charge in [-0.05, 0) is 91.3 Å². The van der Waals surface area contributed by atoms with Crippen LogP contribution in [0.1, 0.15) is 68.2 Å². The lowest BCUT2D eigenvalue weighted by atomic mass is 9.77. The van der Waals surface area contributed by atoms with Crippen LogP contribution in [0.4, 0.5) is 0 Å². The lowest BCUT2D eigenvalue weighted by Gasteiger charge is -2.32. The van der Waals surface area contributed by atoms with Crippen LogP contribution in [0.3, 0.4) is 0 Å². The summed E-state index contributed by atoms with van der Waals surface area (Å²) in [7, 11) is -0.782. The molecule has 0 atom stereocenters. The lowest BCUT2D eigenvalue weighted by molar-refractivity contribution is 0.00578. The third-order valence-corrected chi connectivity index (χ3v) is 9.29. The van der Waals surface area contributed by atoms with Crippen LogP contribution in [0.5, 0.6) is 0 Å². The zero-order chi connectivity index (χ0) is 26.1. The van der Waals surface area contributed by atoms with Crippen molar-refractivity contribution in [1.82, 2.24) is 4.57 Å². The van der Waals surface area contributed by atoms with Crippen LogP contribution in [0.25, 0.3) is 21.8 Å². The van der Waals surface area contributed by atoms with Crippen LogP contribution >= 0.6 is 15.9 Å². The monoisotopic (exact) mass is 553 g/mol. The Bertz CT molecular complexity index is 1170.